The molecule has 0 aliphatic rings. The molecule has 0 saturated heterocycles. The SMILES string of the molecule is CCCCc1nc(Cl)c(C(OC)c2ccccc2C(=O)OC)n1Cc1ccc(-c2occc2C(=O)OC)cc1. The summed E-state index contributed by atoms with van der Waals surface area (Å²) in [4.78, 5) is 29.3. The van der Waals surface area contributed by atoms with Gasteiger partial charge in [-0.05, 0) is 24.1 Å². The minimum Gasteiger partial charge on any atom is -0.465 e. The number of hydrogen-bond donors (Lipinski definition) is 0. The second-order valence-electron chi connectivity index (χ2n) is 8.94. The monoisotopic (exact) mass is 550 g/mol. The number of aromatic nitrogens is 2. The zero-order chi connectivity index (χ0) is 27.9. The molecule has 0 N–H and O–H groups in total. The van der Waals surface area contributed by atoms with Crippen LogP contribution in [0.5, 0.6) is 0 Å². The third kappa shape index (κ3) is 5.92. The Hall–Kier alpha value is -3.88. The van der Waals surface area contributed by atoms with Crippen LogP contribution >= 0.6 is 11.6 Å². The average molecular weight is 551 g/mol. The van der Waals surface area contributed by atoms with Crippen LogP contribution < -0.4 is 0 Å². The van der Waals surface area contributed by atoms with Crippen molar-refractivity contribution in [2.45, 2.75) is 38.8 Å². The molecule has 4 rings (SSSR count). The molecule has 1 unspecified atom stereocenters. The van der Waals surface area contributed by atoms with Crippen LogP contribution in [0.4, 0.5) is 0 Å². The van der Waals surface area contributed by atoms with E-state index in [4.69, 9.17) is 35.2 Å². The first-order valence-electron chi connectivity index (χ1n) is 12.6. The molecular formula is C30H31ClN2O6. The Bertz CT molecular complexity index is 1440. The van der Waals surface area contributed by atoms with Gasteiger partial charge in [0.1, 0.15) is 23.3 Å². The standard InChI is InChI=1S/C30H31ClN2O6/c1-5-6-11-24-32-28(31)25(27(36-2)21-9-7-8-10-22(21)29(34)37-3)33(24)18-19-12-14-20(15-13-19)26-23(16-17-39-26)30(35)38-4/h7-10,12-17,27H,5-6,11,18H2,1-4H3. The van der Waals surface area contributed by atoms with Gasteiger partial charge in [0.15, 0.2) is 5.15 Å². The number of carbonyl (C=O) groups excluding carboxylic acids is 2. The number of nitrogens with zero attached hydrogens (tertiary/aromatic N) is 2. The van der Waals surface area contributed by atoms with Crippen LogP contribution in [0.25, 0.3) is 11.3 Å². The van der Waals surface area contributed by atoms with Gasteiger partial charge in [-0.2, -0.15) is 0 Å². The maximum absolute atomic E-state index is 12.5. The molecule has 4 aromatic rings. The van der Waals surface area contributed by atoms with Crippen molar-refractivity contribution in [3.05, 3.63) is 99.8 Å². The molecule has 0 bridgehead atoms. The summed E-state index contributed by atoms with van der Waals surface area (Å²) in [7, 11) is 4.26. The van der Waals surface area contributed by atoms with Gasteiger partial charge in [-0.15, -0.1) is 0 Å². The van der Waals surface area contributed by atoms with Crippen molar-refractivity contribution >= 4 is 23.5 Å². The lowest BCUT2D eigenvalue weighted by Crippen LogP contribution is -2.17. The summed E-state index contributed by atoms with van der Waals surface area (Å²) in [6.45, 7) is 2.59. The van der Waals surface area contributed by atoms with Crippen LogP contribution in [0.2, 0.25) is 5.15 Å². The lowest BCUT2D eigenvalue weighted by molar-refractivity contribution is 0.0586. The number of furan rings is 1. The van der Waals surface area contributed by atoms with Crippen molar-refractivity contribution in [3.8, 4) is 11.3 Å². The topological polar surface area (TPSA) is 92.8 Å². The highest BCUT2D eigenvalue weighted by Gasteiger charge is 2.29. The number of hydrogen-bond acceptors (Lipinski definition) is 7. The van der Waals surface area contributed by atoms with Gasteiger partial charge in [0.05, 0.1) is 31.7 Å². The molecule has 0 spiro atoms. The largest absolute Gasteiger partial charge is 0.465 e. The van der Waals surface area contributed by atoms with Crippen LogP contribution in [0.1, 0.15) is 69.2 Å². The van der Waals surface area contributed by atoms with E-state index in [9.17, 15) is 9.59 Å². The molecule has 0 radical (unpaired) electrons. The highest BCUT2D eigenvalue weighted by molar-refractivity contribution is 6.30. The zero-order valence-corrected chi connectivity index (χ0v) is 23.2. The van der Waals surface area contributed by atoms with Gasteiger partial charge in [-0.1, -0.05) is 67.4 Å². The normalized spacial score (nSPS) is 11.8. The molecule has 204 valence electrons. The van der Waals surface area contributed by atoms with Gasteiger partial charge < -0.3 is 23.2 Å². The fourth-order valence-electron chi connectivity index (χ4n) is 4.59. The van der Waals surface area contributed by atoms with E-state index in [0.29, 0.717) is 39.8 Å². The van der Waals surface area contributed by atoms with Crippen molar-refractivity contribution in [2.75, 3.05) is 21.3 Å². The first kappa shape index (κ1) is 28.1. The van der Waals surface area contributed by atoms with E-state index in [1.165, 1.54) is 20.5 Å². The molecule has 39 heavy (non-hydrogen) atoms. The number of unbranched alkanes of at least 4 members (excludes halogenated alkanes) is 1. The van der Waals surface area contributed by atoms with Gasteiger partial charge >= 0.3 is 11.9 Å². The summed E-state index contributed by atoms with van der Waals surface area (Å²) in [5, 5.41) is 0.322. The highest BCUT2D eigenvalue weighted by Crippen LogP contribution is 2.35. The van der Waals surface area contributed by atoms with Crippen LogP contribution in [0, 0.1) is 0 Å². The van der Waals surface area contributed by atoms with E-state index in [2.05, 4.69) is 11.5 Å². The summed E-state index contributed by atoms with van der Waals surface area (Å²) >= 11 is 6.75. The third-order valence-corrected chi connectivity index (χ3v) is 6.83. The van der Waals surface area contributed by atoms with Gasteiger partial charge in [0.2, 0.25) is 0 Å². The molecule has 2 heterocycles. The summed E-state index contributed by atoms with van der Waals surface area (Å²) in [6, 6.07) is 16.5. The van der Waals surface area contributed by atoms with Crippen LogP contribution in [0.3, 0.4) is 0 Å². The molecule has 8 nitrogen and oxygen atoms in total. The van der Waals surface area contributed by atoms with Gasteiger partial charge in [0, 0.05) is 31.2 Å². The molecule has 0 saturated carbocycles. The second kappa shape index (κ2) is 12.8. The number of esters is 2. The van der Waals surface area contributed by atoms with E-state index in [0.717, 1.165) is 36.2 Å². The fourth-order valence-corrected chi connectivity index (χ4v) is 4.89. The lowest BCUT2D eigenvalue weighted by Gasteiger charge is -2.22. The van der Waals surface area contributed by atoms with Crippen LogP contribution in [0.15, 0.2) is 65.3 Å². The Kier molecular flexibility index (Phi) is 9.22. The van der Waals surface area contributed by atoms with Gasteiger partial charge in [-0.25, -0.2) is 14.6 Å². The molecule has 0 amide bonds. The molecule has 2 aromatic carbocycles. The maximum atomic E-state index is 12.5. The number of methoxy groups -OCH3 is 3. The van der Waals surface area contributed by atoms with Crippen molar-refractivity contribution in [2.24, 2.45) is 0 Å². The van der Waals surface area contributed by atoms with E-state index in [1.54, 1.807) is 25.3 Å². The van der Waals surface area contributed by atoms with E-state index in [-0.39, 0.29) is 0 Å². The average Bonchev–Trinajstić information content (AvgIpc) is 3.57. The third-order valence-electron chi connectivity index (χ3n) is 6.55. The zero-order valence-electron chi connectivity index (χ0n) is 22.4. The summed E-state index contributed by atoms with van der Waals surface area (Å²) < 4.78 is 23.4. The van der Waals surface area contributed by atoms with Crippen molar-refractivity contribution in [3.63, 3.8) is 0 Å². The Labute approximate surface area is 232 Å². The molecular weight excluding hydrogens is 520 g/mol. The molecule has 0 fully saturated rings. The van der Waals surface area contributed by atoms with Gasteiger partial charge in [-0.3, -0.25) is 0 Å². The smallest absolute Gasteiger partial charge is 0.341 e. The Morgan fingerprint density at radius 2 is 1.67 bits per heavy atom. The molecule has 9 heteroatoms. The predicted octanol–water partition coefficient (Wildman–Crippen LogP) is 6.50. The molecule has 0 aliphatic heterocycles. The Morgan fingerprint density at radius 3 is 2.33 bits per heavy atom. The van der Waals surface area contributed by atoms with Crippen molar-refractivity contribution in [1.29, 1.82) is 0 Å². The van der Waals surface area contributed by atoms with Crippen molar-refractivity contribution < 1.29 is 28.2 Å². The summed E-state index contributed by atoms with van der Waals surface area (Å²) in [6.07, 6.45) is 3.49. The number of aryl methyl sites for hydroxylation is 1. The number of imidazole rings is 1. The summed E-state index contributed by atoms with van der Waals surface area (Å²) in [5.41, 5.74) is 3.79. The Morgan fingerprint density at radius 1 is 0.974 bits per heavy atom. The number of benzene rings is 2. The Balaban J connectivity index is 1.74. The lowest BCUT2D eigenvalue weighted by atomic mass is 9.99. The quantitative estimate of drug-likeness (QED) is 0.197. The minimum atomic E-state index is -0.652. The summed E-state index contributed by atoms with van der Waals surface area (Å²) in [5.74, 6) is 0.361. The first-order chi connectivity index (χ1) is 18.9. The second-order valence-corrected chi connectivity index (χ2v) is 9.30. The molecule has 0 aliphatic carbocycles. The van der Waals surface area contributed by atoms with E-state index < -0.39 is 18.0 Å². The highest BCUT2D eigenvalue weighted by atomic mass is 35.5. The number of rotatable bonds is 11. The molecule has 1 atom stereocenters. The molecule has 2 aromatic heterocycles. The van der Waals surface area contributed by atoms with Crippen LogP contribution in [-0.2, 0) is 27.2 Å². The number of carbonyl (C=O) groups is 2. The number of ether oxygens (including phenoxy) is 3. The fraction of sp³-hybridized carbons (Fsp3) is 0.300. The van der Waals surface area contributed by atoms with Crippen molar-refractivity contribution in [1.82, 2.24) is 9.55 Å². The predicted molar refractivity (Wildman–Crippen MR) is 147 cm³/mol. The van der Waals surface area contributed by atoms with E-state index >= 15 is 0 Å². The van der Waals surface area contributed by atoms with E-state index in [1.807, 2.05) is 36.4 Å². The maximum Gasteiger partial charge on any atom is 0.341 e. The van der Waals surface area contributed by atoms with Gasteiger partial charge in [0.25, 0.3) is 0 Å². The van der Waals surface area contributed by atoms with Crippen LogP contribution in [-0.4, -0.2) is 42.8 Å². The number of halogens is 1. The first-order valence-corrected chi connectivity index (χ1v) is 13.0. The minimum absolute atomic E-state index is 0.322.